The molecule has 0 unspecified atom stereocenters. The van der Waals surface area contributed by atoms with Crippen molar-refractivity contribution in [2.24, 2.45) is 0 Å². The number of para-hydroxylation sites is 1. The molecule has 0 saturated carbocycles. The molecule has 160 valence electrons. The van der Waals surface area contributed by atoms with Gasteiger partial charge in [0.05, 0.1) is 15.9 Å². The van der Waals surface area contributed by atoms with Gasteiger partial charge in [0.2, 0.25) is 5.91 Å². The fourth-order valence-corrected chi connectivity index (χ4v) is 5.08. The molecule has 3 aromatic rings. The summed E-state index contributed by atoms with van der Waals surface area (Å²) in [6.07, 6.45) is -0.598. The number of carbonyl (C=O) groups is 2. The van der Waals surface area contributed by atoms with Crippen molar-refractivity contribution in [2.75, 3.05) is 42.5 Å². The molecular weight excluding hydrogens is 412 g/mol. The van der Waals surface area contributed by atoms with Gasteiger partial charge >= 0.3 is 0 Å². The molecule has 2 aromatic carbocycles. The van der Waals surface area contributed by atoms with Gasteiger partial charge in [-0.25, -0.2) is 4.98 Å². The first-order valence-electron chi connectivity index (χ1n) is 10.5. The molecule has 1 saturated heterocycles. The van der Waals surface area contributed by atoms with E-state index >= 15 is 0 Å². The summed E-state index contributed by atoms with van der Waals surface area (Å²) in [7, 11) is 0. The molecule has 0 aliphatic carbocycles. The number of aromatic nitrogens is 1. The summed E-state index contributed by atoms with van der Waals surface area (Å²) in [5.41, 5.74) is 2.70. The number of hydrogen-bond donors (Lipinski definition) is 0. The Balaban J connectivity index is 1.27. The lowest BCUT2D eigenvalue weighted by molar-refractivity contribution is -0.133. The van der Waals surface area contributed by atoms with Crippen molar-refractivity contribution in [3.8, 4) is 5.75 Å². The lowest BCUT2D eigenvalue weighted by atomic mass is 10.1. The van der Waals surface area contributed by atoms with Crippen LogP contribution in [0.2, 0.25) is 0 Å². The Morgan fingerprint density at radius 1 is 1.16 bits per heavy atom. The summed E-state index contributed by atoms with van der Waals surface area (Å²) in [6, 6.07) is 13.8. The van der Waals surface area contributed by atoms with Crippen molar-refractivity contribution in [1.29, 1.82) is 0 Å². The largest absolute Gasteiger partial charge is 0.479 e. The predicted octanol–water partition coefficient (Wildman–Crippen LogP) is 3.07. The number of benzene rings is 2. The minimum Gasteiger partial charge on any atom is -0.479 e. The van der Waals surface area contributed by atoms with Crippen LogP contribution in [0.25, 0.3) is 10.2 Å². The molecule has 8 heteroatoms. The molecule has 1 aromatic heterocycles. The SMILES string of the molecule is Cc1ccc2c(c1)N(CC(=O)N1CCN(c3nc4ccccc4s3)CC1)C(=O)[C@H](C)O2. The lowest BCUT2D eigenvalue weighted by Gasteiger charge is -2.37. The van der Waals surface area contributed by atoms with Gasteiger partial charge in [-0.15, -0.1) is 0 Å². The number of carbonyl (C=O) groups excluding carboxylic acids is 2. The van der Waals surface area contributed by atoms with E-state index in [0.717, 1.165) is 29.3 Å². The maximum absolute atomic E-state index is 13.1. The first-order chi connectivity index (χ1) is 15.0. The molecular formula is C23H24N4O3S. The zero-order valence-corrected chi connectivity index (χ0v) is 18.4. The van der Waals surface area contributed by atoms with Crippen LogP contribution in [-0.4, -0.2) is 60.5 Å². The molecule has 0 radical (unpaired) electrons. The number of hydrogen-bond acceptors (Lipinski definition) is 6. The number of amides is 2. The number of ether oxygens (including phenoxy) is 1. The Labute approximate surface area is 184 Å². The van der Waals surface area contributed by atoms with E-state index in [1.54, 1.807) is 23.2 Å². The zero-order valence-electron chi connectivity index (χ0n) is 17.6. The van der Waals surface area contributed by atoms with Crippen LogP contribution in [0.1, 0.15) is 12.5 Å². The van der Waals surface area contributed by atoms with E-state index in [2.05, 4.69) is 11.0 Å². The van der Waals surface area contributed by atoms with Gasteiger partial charge < -0.3 is 14.5 Å². The number of fused-ring (bicyclic) bond motifs is 2. The van der Waals surface area contributed by atoms with Crippen LogP contribution in [0.4, 0.5) is 10.8 Å². The van der Waals surface area contributed by atoms with E-state index in [4.69, 9.17) is 9.72 Å². The second kappa shape index (κ2) is 7.85. The number of aryl methyl sites for hydroxylation is 1. The minimum atomic E-state index is -0.598. The molecule has 5 rings (SSSR count). The molecule has 1 fully saturated rings. The van der Waals surface area contributed by atoms with Crippen LogP contribution in [0.15, 0.2) is 42.5 Å². The van der Waals surface area contributed by atoms with Crippen LogP contribution in [0, 0.1) is 6.92 Å². The third kappa shape index (κ3) is 3.72. The molecule has 2 amide bonds. The van der Waals surface area contributed by atoms with Crippen LogP contribution in [0.5, 0.6) is 5.75 Å². The highest BCUT2D eigenvalue weighted by Gasteiger charge is 2.34. The quantitative estimate of drug-likeness (QED) is 0.631. The summed E-state index contributed by atoms with van der Waals surface area (Å²) in [4.78, 5) is 36.2. The van der Waals surface area contributed by atoms with Crippen molar-refractivity contribution < 1.29 is 14.3 Å². The average molecular weight is 437 g/mol. The third-order valence-electron chi connectivity index (χ3n) is 5.80. The van der Waals surface area contributed by atoms with E-state index < -0.39 is 6.10 Å². The first kappa shape index (κ1) is 19.8. The van der Waals surface area contributed by atoms with Crippen LogP contribution < -0.4 is 14.5 Å². The van der Waals surface area contributed by atoms with Crippen molar-refractivity contribution in [2.45, 2.75) is 20.0 Å². The van der Waals surface area contributed by atoms with Crippen molar-refractivity contribution in [3.05, 3.63) is 48.0 Å². The molecule has 1 atom stereocenters. The standard InChI is InChI=1S/C23H24N4O3S/c1-15-7-8-19-18(13-15)27(22(29)16(2)30-19)14-21(28)25-9-11-26(12-10-25)23-24-17-5-3-4-6-20(17)31-23/h3-8,13,16H,9-12,14H2,1-2H3/t16-/m0/s1. The number of nitrogens with zero attached hydrogens (tertiary/aromatic N) is 4. The molecule has 31 heavy (non-hydrogen) atoms. The predicted molar refractivity (Wildman–Crippen MR) is 122 cm³/mol. The highest BCUT2D eigenvalue weighted by molar-refractivity contribution is 7.22. The van der Waals surface area contributed by atoms with Gasteiger partial charge in [-0.2, -0.15) is 0 Å². The Bertz CT molecular complexity index is 1120. The molecule has 0 spiro atoms. The summed E-state index contributed by atoms with van der Waals surface area (Å²) in [5.74, 6) is 0.421. The summed E-state index contributed by atoms with van der Waals surface area (Å²) < 4.78 is 6.89. The van der Waals surface area contributed by atoms with Gasteiger partial charge in [-0.3, -0.25) is 14.5 Å². The smallest absolute Gasteiger partial charge is 0.268 e. The monoisotopic (exact) mass is 436 g/mol. The van der Waals surface area contributed by atoms with Gasteiger partial charge in [0, 0.05) is 26.2 Å². The van der Waals surface area contributed by atoms with Crippen LogP contribution in [0.3, 0.4) is 0 Å². The Morgan fingerprint density at radius 3 is 2.71 bits per heavy atom. The molecule has 0 bridgehead atoms. The van der Waals surface area contributed by atoms with E-state index in [9.17, 15) is 9.59 Å². The average Bonchev–Trinajstić information content (AvgIpc) is 3.22. The van der Waals surface area contributed by atoms with Gasteiger partial charge in [0.25, 0.3) is 5.91 Å². The third-order valence-corrected chi connectivity index (χ3v) is 6.90. The molecule has 2 aliphatic rings. The minimum absolute atomic E-state index is 0.0319. The number of piperazine rings is 1. The summed E-state index contributed by atoms with van der Waals surface area (Å²) >= 11 is 1.68. The Hall–Kier alpha value is -3.13. The van der Waals surface area contributed by atoms with Crippen molar-refractivity contribution in [1.82, 2.24) is 9.88 Å². The maximum atomic E-state index is 13.1. The zero-order chi connectivity index (χ0) is 21.5. The maximum Gasteiger partial charge on any atom is 0.268 e. The normalized spacial score (nSPS) is 18.8. The van der Waals surface area contributed by atoms with Crippen LogP contribution in [-0.2, 0) is 9.59 Å². The van der Waals surface area contributed by atoms with Gasteiger partial charge in [-0.1, -0.05) is 29.5 Å². The highest BCUT2D eigenvalue weighted by Crippen LogP contribution is 2.35. The molecule has 0 N–H and O–H groups in total. The number of anilines is 2. The van der Waals surface area contributed by atoms with E-state index in [-0.39, 0.29) is 18.4 Å². The van der Waals surface area contributed by atoms with Crippen molar-refractivity contribution >= 4 is 44.2 Å². The molecule has 2 aliphatic heterocycles. The highest BCUT2D eigenvalue weighted by atomic mass is 32.1. The van der Waals surface area contributed by atoms with E-state index in [0.29, 0.717) is 24.5 Å². The van der Waals surface area contributed by atoms with Crippen LogP contribution >= 0.6 is 11.3 Å². The molecule has 3 heterocycles. The number of rotatable bonds is 3. The molecule has 7 nitrogen and oxygen atoms in total. The summed E-state index contributed by atoms with van der Waals surface area (Å²) in [6.45, 7) is 6.41. The summed E-state index contributed by atoms with van der Waals surface area (Å²) in [5, 5.41) is 0.995. The first-order valence-corrected chi connectivity index (χ1v) is 11.3. The second-order valence-electron chi connectivity index (χ2n) is 7.99. The fourth-order valence-electron chi connectivity index (χ4n) is 4.06. The van der Waals surface area contributed by atoms with E-state index in [1.165, 1.54) is 4.70 Å². The Kier molecular flexibility index (Phi) is 5.02. The number of thiazole rings is 1. The van der Waals surface area contributed by atoms with Crippen molar-refractivity contribution in [3.63, 3.8) is 0 Å². The Morgan fingerprint density at radius 2 is 1.94 bits per heavy atom. The van der Waals surface area contributed by atoms with Gasteiger partial charge in [-0.05, 0) is 43.7 Å². The second-order valence-corrected chi connectivity index (χ2v) is 9.00. The topological polar surface area (TPSA) is 66.0 Å². The van der Waals surface area contributed by atoms with Gasteiger partial charge in [0.15, 0.2) is 11.2 Å². The lowest BCUT2D eigenvalue weighted by Crippen LogP contribution is -2.54. The fraction of sp³-hybridized carbons (Fsp3) is 0.348. The van der Waals surface area contributed by atoms with E-state index in [1.807, 2.05) is 48.2 Å². The van der Waals surface area contributed by atoms with Gasteiger partial charge in [0.1, 0.15) is 12.3 Å².